The van der Waals surface area contributed by atoms with Crippen LogP contribution in [-0.2, 0) is 24.0 Å². The number of hydrogen-bond donors (Lipinski definition) is 7. The van der Waals surface area contributed by atoms with E-state index in [4.69, 9.17) is 21.1 Å². The summed E-state index contributed by atoms with van der Waals surface area (Å²) in [6.07, 6.45) is -1.06. The lowest BCUT2D eigenvalue weighted by Gasteiger charge is -2.29. The first-order chi connectivity index (χ1) is 14.0. The number of nitrogens with one attached hydrogen (secondary N) is 2. The van der Waals surface area contributed by atoms with Crippen LogP contribution in [-0.4, -0.2) is 98.4 Å². The molecule has 1 saturated heterocycles. The number of rotatable bonds is 11. The molecular formula is C17H28N4O9. The Morgan fingerprint density at radius 2 is 1.80 bits per heavy atom. The van der Waals surface area contributed by atoms with Crippen molar-refractivity contribution < 1.29 is 44.4 Å². The predicted octanol–water partition coefficient (Wildman–Crippen LogP) is -3.40. The molecule has 0 radical (unpaired) electrons. The molecule has 1 aliphatic rings. The van der Waals surface area contributed by atoms with Gasteiger partial charge in [0.05, 0.1) is 18.8 Å². The van der Waals surface area contributed by atoms with Gasteiger partial charge in [-0.25, -0.2) is 4.79 Å². The monoisotopic (exact) mass is 432 g/mol. The molecule has 1 aliphatic heterocycles. The average molecular weight is 432 g/mol. The second kappa shape index (κ2) is 11.4. The fourth-order valence-electron chi connectivity index (χ4n) is 3.02. The Hall–Kier alpha value is -2.77. The molecule has 13 nitrogen and oxygen atoms in total. The first kappa shape index (κ1) is 25.3. The van der Waals surface area contributed by atoms with E-state index in [2.05, 4.69) is 5.32 Å². The molecule has 0 spiro atoms. The summed E-state index contributed by atoms with van der Waals surface area (Å²) < 4.78 is 0. The van der Waals surface area contributed by atoms with E-state index in [1.807, 2.05) is 5.32 Å². The fourth-order valence-corrected chi connectivity index (χ4v) is 3.02. The van der Waals surface area contributed by atoms with E-state index in [9.17, 15) is 29.1 Å². The molecule has 170 valence electrons. The first-order valence-corrected chi connectivity index (χ1v) is 9.39. The van der Waals surface area contributed by atoms with Crippen LogP contribution in [0.25, 0.3) is 0 Å². The molecule has 5 unspecified atom stereocenters. The summed E-state index contributed by atoms with van der Waals surface area (Å²) in [5, 5.41) is 40.8. The number of aliphatic hydroxyl groups excluding tert-OH is 2. The number of aliphatic hydroxyl groups is 2. The first-order valence-electron chi connectivity index (χ1n) is 9.39. The van der Waals surface area contributed by atoms with E-state index in [0.29, 0.717) is 6.42 Å². The molecule has 5 atom stereocenters. The molecule has 0 aromatic rings. The summed E-state index contributed by atoms with van der Waals surface area (Å²) in [4.78, 5) is 60.2. The maximum atomic E-state index is 12.7. The number of carboxylic acid groups (broad SMARTS) is 2. The molecule has 0 bridgehead atoms. The SMILES string of the molecule is CC(O)C(NC(=O)C1CCCN1C(=O)C(N)CCC(=O)O)C(=O)NC(CO)C(=O)O. The zero-order chi connectivity index (χ0) is 23.0. The molecule has 0 aliphatic carbocycles. The van der Waals surface area contributed by atoms with Gasteiger partial charge in [0, 0.05) is 13.0 Å². The third-order valence-corrected chi connectivity index (χ3v) is 4.68. The van der Waals surface area contributed by atoms with Gasteiger partial charge in [-0.2, -0.15) is 0 Å². The largest absolute Gasteiger partial charge is 0.481 e. The molecule has 1 rings (SSSR count). The zero-order valence-corrected chi connectivity index (χ0v) is 16.5. The molecule has 1 heterocycles. The molecule has 30 heavy (non-hydrogen) atoms. The van der Waals surface area contributed by atoms with E-state index in [-0.39, 0.29) is 25.8 Å². The third kappa shape index (κ3) is 6.93. The van der Waals surface area contributed by atoms with Crippen LogP contribution in [0, 0.1) is 0 Å². The van der Waals surface area contributed by atoms with Crippen molar-refractivity contribution in [2.45, 2.75) is 62.9 Å². The fraction of sp³-hybridized carbons (Fsp3) is 0.706. The Morgan fingerprint density at radius 3 is 2.30 bits per heavy atom. The quantitative estimate of drug-likeness (QED) is 0.171. The van der Waals surface area contributed by atoms with E-state index < -0.39 is 66.5 Å². The maximum absolute atomic E-state index is 12.7. The summed E-state index contributed by atoms with van der Waals surface area (Å²) in [5.41, 5.74) is 5.73. The lowest BCUT2D eigenvalue weighted by atomic mass is 10.1. The molecule has 0 aromatic heterocycles. The summed E-state index contributed by atoms with van der Waals surface area (Å²) in [6.45, 7) is 0.536. The zero-order valence-electron chi connectivity index (χ0n) is 16.5. The highest BCUT2D eigenvalue weighted by molar-refractivity contribution is 5.94. The summed E-state index contributed by atoms with van der Waals surface area (Å²) >= 11 is 0. The maximum Gasteiger partial charge on any atom is 0.328 e. The van der Waals surface area contributed by atoms with Gasteiger partial charge in [-0.05, 0) is 26.2 Å². The van der Waals surface area contributed by atoms with E-state index in [1.54, 1.807) is 0 Å². The van der Waals surface area contributed by atoms with Crippen molar-refractivity contribution in [2.75, 3.05) is 13.2 Å². The van der Waals surface area contributed by atoms with Gasteiger partial charge in [-0.3, -0.25) is 19.2 Å². The number of aliphatic carboxylic acids is 2. The van der Waals surface area contributed by atoms with Gasteiger partial charge < -0.3 is 41.7 Å². The van der Waals surface area contributed by atoms with Crippen LogP contribution in [0.1, 0.15) is 32.6 Å². The van der Waals surface area contributed by atoms with Crippen LogP contribution in [0.2, 0.25) is 0 Å². The van der Waals surface area contributed by atoms with Crippen molar-refractivity contribution in [3.05, 3.63) is 0 Å². The van der Waals surface area contributed by atoms with Crippen molar-refractivity contribution in [1.29, 1.82) is 0 Å². The number of carbonyl (C=O) groups is 5. The molecule has 1 fully saturated rings. The molecule has 13 heteroatoms. The van der Waals surface area contributed by atoms with Crippen molar-refractivity contribution in [1.82, 2.24) is 15.5 Å². The van der Waals surface area contributed by atoms with Crippen molar-refractivity contribution in [3.8, 4) is 0 Å². The van der Waals surface area contributed by atoms with E-state index >= 15 is 0 Å². The van der Waals surface area contributed by atoms with Gasteiger partial charge in [0.25, 0.3) is 0 Å². The van der Waals surface area contributed by atoms with Crippen molar-refractivity contribution in [3.63, 3.8) is 0 Å². The van der Waals surface area contributed by atoms with Gasteiger partial charge in [-0.15, -0.1) is 0 Å². The number of carboxylic acids is 2. The highest BCUT2D eigenvalue weighted by atomic mass is 16.4. The van der Waals surface area contributed by atoms with Crippen LogP contribution in [0.4, 0.5) is 0 Å². The number of hydrogen-bond acceptors (Lipinski definition) is 8. The van der Waals surface area contributed by atoms with Crippen LogP contribution < -0.4 is 16.4 Å². The lowest BCUT2D eigenvalue weighted by molar-refractivity contribution is -0.145. The van der Waals surface area contributed by atoms with Crippen molar-refractivity contribution in [2.24, 2.45) is 5.73 Å². The Morgan fingerprint density at radius 1 is 1.17 bits per heavy atom. The minimum atomic E-state index is -1.62. The number of nitrogens with zero attached hydrogens (tertiary/aromatic N) is 1. The predicted molar refractivity (Wildman–Crippen MR) is 99.8 cm³/mol. The summed E-state index contributed by atoms with van der Waals surface area (Å²) in [7, 11) is 0. The highest BCUT2D eigenvalue weighted by Gasteiger charge is 2.38. The van der Waals surface area contributed by atoms with E-state index in [1.165, 1.54) is 11.8 Å². The normalized spacial score (nSPS) is 20.0. The number of carbonyl (C=O) groups excluding carboxylic acids is 3. The van der Waals surface area contributed by atoms with Crippen LogP contribution in [0.15, 0.2) is 0 Å². The van der Waals surface area contributed by atoms with Crippen LogP contribution in [0.3, 0.4) is 0 Å². The number of nitrogens with two attached hydrogens (primary N) is 1. The lowest BCUT2D eigenvalue weighted by Crippen LogP contribution is -2.59. The minimum Gasteiger partial charge on any atom is -0.481 e. The van der Waals surface area contributed by atoms with E-state index in [0.717, 1.165) is 0 Å². The number of likely N-dealkylation sites (tertiary alicyclic amines) is 1. The molecule has 0 saturated carbocycles. The second-order valence-electron chi connectivity index (χ2n) is 7.04. The van der Waals surface area contributed by atoms with Gasteiger partial charge in [0.15, 0.2) is 0 Å². The Labute approximate surface area is 172 Å². The third-order valence-electron chi connectivity index (χ3n) is 4.68. The average Bonchev–Trinajstić information content (AvgIpc) is 3.16. The smallest absolute Gasteiger partial charge is 0.328 e. The minimum absolute atomic E-state index is 0.102. The Bertz CT molecular complexity index is 670. The van der Waals surface area contributed by atoms with Crippen molar-refractivity contribution >= 4 is 29.7 Å². The summed E-state index contributed by atoms with van der Waals surface area (Å²) in [5.74, 6) is -4.97. The van der Waals surface area contributed by atoms with Gasteiger partial charge in [0.1, 0.15) is 18.1 Å². The Kier molecular flexibility index (Phi) is 9.62. The van der Waals surface area contributed by atoms with Crippen LogP contribution in [0.5, 0.6) is 0 Å². The second-order valence-corrected chi connectivity index (χ2v) is 7.04. The van der Waals surface area contributed by atoms with Gasteiger partial charge in [0.2, 0.25) is 17.7 Å². The molecular weight excluding hydrogens is 404 g/mol. The molecule has 3 amide bonds. The Balaban J connectivity index is 2.83. The standard InChI is InChI=1S/C17H28N4O9/c1-8(23)13(15(27)19-10(7-22)17(29)30)20-14(26)11-3-2-6-21(11)16(28)9(18)4-5-12(24)25/h8-11,13,22-23H,2-7,18H2,1H3,(H,19,27)(H,20,26)(H,24,25)(H,29,30). The molecule has 8 N–H and O–H groups in total. The van der Waals surface area contributed by atoms with Crippen LogP contribution >= 0.6 is 0 Å². The summed E-state index contributed by atoms with van der Waals surface area (Å²) in [6, 6.07) is -5.22. The topological polar surface area (TPSA) is 220 Å². The van der Waals surface area contributed by atoms with Gasteiger partial charge in [-0.1, -0.05) is 0 Å². The number of amides is 3. The highest BCUT2D eigenvalue weighted by Crippen LogP contribution is 2.19. The van der Waals surface area contributed by atoms with Gasteiger partial charge >= 0.3 is 11.9 Å². The molecule has 0 aromatic carbocycles.